The van der Waals surface area contributed by atoms with E-state index in [9.17, 15) is 18.0 Å². The van der Waals surface area contributed by atoms with Crippen molar-refractivity contribution in [2.24, 2.45) is 10.2 Å². The first-order chi connectivity index (χ1) is 11.9. The highest BCUT2D eigenvalue weighted by molar-refractivity contribution is 8.15. The lowest BCUT2D eigenvalue weighted by molar-refractivity contribution is -0.137. The fourth-order valence-electron chi connectivity index (χ4n) is 2.23. The molecule has 1 heterocycles. The summed E-state index contributed by atoms with van der Waals surface area (Å²) in [5.41, 5.74) is 1.40. The van der Waals surface area contributed by atoms with Gasteiger partial charge in [0.1, 0.15) is 0 Å². The van der Waals surface area contributed by atoms with Crippen LogP contribution < -0.4 is 5.32 Å². The minimum absolute atomic E-state index is 0.121. The highest BCUT2D eigenvalue weighted by atomic mass is 32.2. The van der Waals surface area contributed by atoms with Gasteiger partial charge in [-0.25, -0.2) is 0 Å². The fraction of sp³-hybridized carbons (Fsp3) is 0.118. The first-order valence-corrected chi connectivity index (χ1v) is 8.22. The van der Waals surface area contributed by atoms with Crippen LogP contribution in [0.1, 0.15) is 11.1 Å². The number of amides is 1. The Labute approximate surface area is 145 Å². The van der Waals surface area contributed by atoms with Crippen molar-refractivity contribution in [2.75, 3.05) is 5.75 Å². The average molecular weight is 363 g/mol. The molecule has 8 heteroatoms. The van der Waals surface area contributed by atoms with E-state index in [0.717, 1.165) is 17.7 Å². The van der Waals surface area contributed by atoms with Gasteiger partial charge in [0.25, 0.3) is 0 Å². The van der Waals surface area contributed by atoms with Crippen molar-refractivity contribution in [1.82, 2.24) is 5.32 Å². The molecule has 0 saturated carbocycles. The number of carbonyl (C=O) groups is 1. The second-order valence-corrected chi connectivity index (χ2v) is 6.11. The van der Waals surface area contributed by atoms with E-state index in [-0.39, 0.29) is 5.91 Å². The average Bonchev–Trinajstić information content (AvgIpc) is 3.00. The van der Waals surface area contributed by atoms with Crippen molar-refractivity contribution < 1.29 is 18.0 Å². The zero-order valence-electron chi connectivity index (χ0n) is 12.7. The molecule has 4 nitrogen and oxygen atoms in total. The molecule has 25 heavy (non-hydrogen) atoms. The molecule has 1 aliphatic rings. The van der Waals surface area contributed by atoms with Gasteiger partial charge in [0.15, 0.2) is 5.17 Å². The third kappa shape index (κ3) is 4.27. The number of halogens is 3. The van der Waals surface area contributed by atoms with Gasteiger partial charge in [-0.3, -0.25) is 4.79 Å². The molecule has 0 aliphatic carbocycles. The standard InChI is InChI=1S/C17H12F3N3OS/c18-17(19,20)13-7-5-11(6-8-13)14-4-2-1-3-12(14)9-21-23-16-22-15(24)10-25-16/h1-9H,10H2,(H,22,23,24). The summed E-state index contributed by atoms with van der Waals surface area (Å²) < 4.78 is 38.0. The van der Waals surface area contributed by atoms with Crippen LogP contribution >= 0.6 is 11.8 Å². The van der Waals surface area contributed by atoms with Crippen molar-refractivity contribution in [3.05, 3.63) is 59.7 Å². The number of amidine groups is 1. The molecule has 1 aliphatic heterocycles. The number of carbonyl (C=O) groups excluding carboxylic acids is 1. The summed E-state index contributed by atoms with van der Waals surface area (Å²) in [6.07, 6.45) is -2.86. The van der Waals surface area contributed by atoms with Crippen LogP contribution in [0.25, 0.3) is 11.1 Å². The van der Waals surface area contributed by atoms with Crippen molar-refractivity contribution >= 4 is 29.1 Å². The van der Waals surface area contributed by atoms with Crippen molar-refractivity contribution in [1.29, 1.82) is 0 Å². The van der Waals surface area contributed by atoms with E-state index in [1.54, 1.807) is 24.3 Å². The maximum Gasteiger partial charge on any atom is 0.416 e. The van der Waals surface area contributed by atoms with Gasteiger partial charge in [0.2, 0.25) is 5.91 Å². The van der Waals surface area contributed by atoms with E-state index in [1.807, 2.05) is 0 Å². The zero-order valence-corrected chi connectivity index (χ0v) is 13.6. The van der Waals surface area contributed by atoms with Gasteiger partial charge < -0.3 is 5.32 Å². The molecular formula is C17H12F3N3OS. The summed E-state index contributed by atoms with van der Waals surface area (Å²) in [5, 5.41) is 10.9. The Balaban J connectivity index is 1.85. The third-order valence-corrected chi connectivity index (χ3v) is 4.28. The molecule has 0 spiro atoms. The number of alkyl halides is 3. The van der Waals surface area contributed by atoms with E-state index in [0.29, 0.717) is 22.0 Å². The van der Waals surface area contributed by atoms with Gasteiger partial charge in [0, 0.05) is 5.56 Å². The summed E-state index contributed by atoms with van der Waals surface area (Å²) in [6, 6.07) is 12.1. The van der Waals surface area contributed by atoms with Crippen LogP contribution in [0.3, 0.4) is 0 Å². The summed E-state index contributed by atoms with van der Waals surface area (Å²) >= 11 is 1.26. The molecule has 2 aromatic rings. The number of benzene rings is 2. The Hall–Kier alpha value is -2.61. The SMILES string of the molecule is O=C1CSC(=NN=Cc2ccccc2-c2ccc(C(F)(F)F)cc2)N1. The molecule has 0 radical (unpaired) electrons. The molecule has 0 bridgehead atoms. The monoisotopic (exact) mass is 363 g/mol. The number of nitrogens with zero attached hydrogens (tertiary/aromatic N) is 2. The number of hydrogen-bond acceptors (Lipinski definition) is 4. The quantitative estimate of drug-likeness (QED) is 0.664. The molecule has 1 amide bonds. The molecule has 0 atom stereocenters. The smallest absolute Gasteiger partial charge is 0.303 e. The maximum atomic E-state index is 12.7. The van der Waals surface area contributed by atoms with E-state index >= 15 is 0 Å². The first kappa shape index (κ1) is 17.2. The molecule has 1 N–H and O–H groups in total. The highest BCUT2D eigenvalue weighted by Gasteiger charge is 2.30. The van der Waals surface area contributed by atoms with Gasteiger partial charge in [-0.05, 0) is 23.3 Å². The van der Waals surface area contributed by atoms with Crippen LogP contribution in [0, 0.1) is 0 Å². The fourth-order valence-corrected chi connectivity index (χ4v) is 2.86. The largest absolute Gasteiger partial charge is 0.416 e. The molecular weight excluding hydrogens is 351 g/mol. The lowest BCUT2D eigenvalue weighted by Crippen LogP contribution is -2.19. The van der Waals surface area contributed by atoms with E-state index in [4.69, 9.17) is 0 Å². The topological polar surface area (TPSA) is 53.8 Å². The van der Waals surface area contributed by atoms with Gasteiger partial charge in [-0.2, -0.15) is 18.3 Å². The number of rotatable bonds is 3. The molecule has 1 saturated heterocycles. The lowest BCUT2D eigenvalue weighted by Gasteiger charge is -2.09. The van der Waals surface area contributed by atoms with Gasteiger partial charge in [-0.15, -0.1) is 5.10 Å². The second kappa shape index (κ2) is 7.10. The van der Waals surface area contributed by atoms with E-state index < -0.39 is 11.7 Å². The summed E-state index contributed by atoms with van der Waals surface area (Å²) in [4.78, 5) is 11.1. The van der Waals surface area contributed by atoms with Gasteiger partial charge in [0.05, 0.1) is 17.5 Å². The zero-order chi connectivity index (χ0) is 17.9. The Morgan fingerprint density at radius 1 is 1.08 bits per heavy atom. The predicted octanol–water partition coefficient (Wildman–Crippen LogP) is 3.93. The van der Waals surface area contributed by atoms with Crippen molar-refractivity contribution in [3.63, 3.8) is 0 Å². The molecule has 3 rings (SSSR count). The minimum Gasteiger partial charge on any atom is -0.303 e. The highest BCUT2D eigenvalue weighted by Crippen LogP contribution is 2.31. The van der Waals surface area contributed by atoms with Crippen LogP contribution in [0.2, 0.25) is 0 Å². The van der Waals surface area contributed by atoms with Gasteiger partial charge in [-0.1, -0.05) is 48.2 Å². The Morgan fingerprint density at radius 2 is 1.80 bits per heavy atom. The van der Waals surface area contributed by atoms with E-state index in [2.05, 4.69) is 15.5 Å². The molecule has 1 fully saturated rings. The summed E-state index contributed by atoms with van der Waals surface area (Å²) in [7, 11) is 0. The number of nitrogens with one attached hydrogen (secondary N) is 1. The Kier molecular flexibility index (Phi) is 4.89. The number of hydrogen-bond donors (Lipinski definition) is 1. The second-order valence-electron chi connectivity index (χ2n) is 5.15. The Bertz CT molecular complexity index is 845. The van der Waals surface area contributed by atoms with Crippen LogP contribution in [-0.2, 0) is 11.0 Å². The van der Waals surface area contributed by atoms with Crippen molar-refractivity contribution in [3.8, 4) is 11.1 Å². The van der Waals surface area contributed by atoms with E-state index in [1.165, 1.54) is 30.1 Å². The maximum absolute atomic E-state index is 12.7. The Morgan fingerprint density at radius 3 is 2.44 bits per heavy atom. The van der Waals surface area contributed by atoms with Crippen LogP contribution in [0.15, 0.2) is 58.7 Å². The third-order valence-electron chi connectivity index (χ3n) is 3.42. The van der Waals surface area contributed by atoms with Gasteiger partial charge >= 0.3 is 6.18 Å². The normalized spacial score (nSPS) is 16.6. The molecule has 0 unspecified atom stereocenters. The van der Waals surface area contributed by atoms with Crippen molar-refractivity contribution in [2.45, 2.75) is 6.18 Å². The predicted molar refractivity (Wildman–Crippen MR) is 92.5 cm³/mol. The molecule has 2 aromatic carbocycles. The van der Waals surface area contributed by atoms with Crippen LogP contribution in [-0.4, -0.2) is 23.0 Å². The molecule has 128 valence electrons. The number of thioether (sulfide) groups is 1. The van der Waals surface area contributed by atoms with Crippen LogP contribution in [0.5, 0.6) is 0 Å². The molecule has 0 aromatic heterocycles. The lowest BCUT2D eigenvalue weighted by atomic mass is 9.99. The first-order valence-electron chi connectivity index (χ1n) is 7.24. The summed E-state index contributed by atoms with van der Waals surface area (Å²) in [6.45, 7) is 0. The van der Waals surface area contributed by atoms with Crippen LogP contribution in [0.4, 0.5) is 13.2 Å². The summed E-state index contributed by atoms with van der Waals surface area (Å²) in [5.74, 6) is 0.195. The minimum atomic E-state index is -4.36.